The highest BCUT2D eigenvalue weighted by atomic mass is 16.3. The third kappa shape index (κ3) is 4.29. The van der Waals surface area contributed by atoms with Gasteiger partial charge in [0, 0.05) is 44.7 Å². The van der Waals surface area contributed by atoms with Crippen LogP contribution in [0.15, 0.2) is 0 Å². The lowest BCUT2D eigenvalue weighted by molar-refractivity contribution is -0.138. The normalized spacial score (nSPS) is 37.7. The summed E-state index contributed by atoms with van der Waals surface area (Å²) in [5.41, 5.74) is 6.32. The molecular weight excluding hydrogens is 374 g/mol. The number of nitrogens with one attached hydrogen (secondary N) is 3. The molecule has 164 valence electrons. The van der Waals surface area contributed by atoms with Gasteiger partial charge in [-0.1, -0.05) is 12.8 Å². The molecule has 5 N–H and O–H groups in total. The molecule has 9 heteroatoms. The summed E-state index contributed by atoms with van der Waals surface area (Å²) >= 11 is 0. The van der Waals surface area contributed by atoms with Gasteiger partial charge in [0.05, 0.1) is 18.8 Å². The van der Waals surface area contributed by atoms with E-state index in [1.807, 2.05) is 4.90 Å². The van der Waals surface area contributed by atoms with Gasteiger partial charge in [0.25, 0.3) is 0 Å². The number of fused-ring (bicyclic) bond motifs is 2. The monoisotopic (exact) mass is 409 g/mol. The van der Waals surface area contributed by atoms with Gasteiger partial charge in [0.15, 0.2) is 0 Å². The molecule has 0 radical (unpaired) electrons. The number of aliphatic hydroxyl groups is 2. The average Bonchev–Trinajstić information content (AvgIpc) is 3.36. The zero-order valence-corrected chi connectivity index (χ0v) is 17.2. The van der Waals surface area contributed by atoms with Crippen molar-refractivity contribution in [2.24, 2.45) is 11.8 Å². The maximum absolute atomic E-state index is 13.2. The van der Waals surface area contributed by atoms with Crippen LogP contribution < -0.4 is 16.2 Å². The van der Waals surface area contributed by atoms with Crippen LogP contribution >= 0.6 is 0 Å². The first kappa shape index (κ1) is 21.0. The Bertz CT molecular complexity index is 606. The first-order valence-electron chi connectivity index (χ1n) is 11.1. The van der Waals surface area contributed by atoms with E-state index in [0.717, 1.165) is 12.8 Å². The molecule has 0 aromatic heterocycles. The number of rotatable bonds is 5. The van der Waals surface area contributed by atoms with E-state index in [9.17, 15) is 14.7 Å². The lowest BCUT2D eigenvalue weighted by Gasteiger charge is -2.37. The third-order valence-corrected chi connectivity index (χ3v) is 7.32. The molecule has 3 aliphatic heterocycles. The highest BCUT2D eigenvalue weighted by Gasteiger charge is 2.47. The van der Waals surface area contributed by atoms with Gasteiger partial charge in [-0.15, -0.1) is 0 Å². The van der Waals surface area contributed by atoms with Crippen LogP contribution in [-0.4, -0.2) is 95.4 Å². The summed E-state index contributed by atoms with van der Waals surface area (Å²) in [4.78, 5) is 29.5. The number of carbonyl (C=O) groups excluding carboxylic acids is 2. The minimum Gasteiger partial charge on any atom is -0.394 e. The number of hydrogen-bond acceptors (Lipinski definition) is 7. The lowest BCUT2D eigenvalue weighted by Crippen LogP contribution is -2.55. The summed E-state index contributed by atoms with van der Waals surface area (Å²) in [6.07, 6.45) is 5.73. The number of likely N-dealkylation sites (N-methyl/N-ethyl adjacent to an activating group) is 1. The van der Waals surface area contributed by atoms with Gasteiger partial charge in [-0.3, -0.25) is 15.0 Å². The van der Waals surface area contributed by atoms with E-state index in [1.54, 1.807) is 7.05 Å². The van der Waals surface area contributed by atoms with Crippen LogP contribution in [-0.2, 0) is 9.59 Å². The molecule has 4 rings (SSSR count). The molecule has 7 unspecified atom stereocenters. The number of hydrazine groups is 1. The fraction of sp³-hybridized carbons (Fsp3) is 0.900. The molecule has 2 amide bonds. The van der Waals surface area contributed by atoms with Crippen molar-refractivity contribution in [1.82, 2.24) is 26.0 Å². The van der Waals surface area contributed by atoms with Gasteiger partial charge in [0.1, 0.15) is 6.04 Å². The van der Waals surface area contributed by atoms with Crippen molar-refractivity contribution in [2.45, 2.75) is 68.8 Å². The van der Waals surface area contributed by atoms with E-state index in [0.29, 0.717) is 25.0 Å². The predicted octanol–water partition coefficient (Wildman–Crippen LogP) is -1.59. The Hall–Kier alpha value is -1.26. The second-order valence-electron chi connectivity index (χ2n) is 9.27. The fourth-order valence-corrected chi connectivity index (χ4v) is 5.68. The average molecular weight is 410 g/mol. The topological polar surface area (TPSA) is 117 Å². The summed E-state index contributed by atoms with van der Waals surface area (Å²) in [5, 5.41) is 22.2. The van der Waals surface area contributed by atoms with E-state index < -0.39 is 12.1 Å². The molecule has 1 saturated carbocycles. The van der Waals surface area contributed by atoms with Crippen LogP contribution in [0.1, 0.15) is 38.5 Å². The standard InChI is InChI=1S/C20H35N5O4/c1-24(9-13(27)11-26)20(29)18-14-10-25(7-6-16(14)22-23-18)19(28)17-8-12-4-2-3-5-15(12)21-17/h12-18,21-23,26-27H,2-11H2,1H3. The smallest absolute Gasteiger partial charge is 0.241 e. The van der Waals surface area contributed by atoms with Crippen molar-refractivity contribution in [3.05, 3.63) is 0 Å². The Kier molecular flexibility index (Phi) is 6.41. The second-order valence-corrected chi connectivity index (χ2v) is 9.27. The van der Waals surface area contributed by atoms with Crippen molar-refractivity contribution >= 4 is 11.8 Å². The molecule has 0 bridgehead atoms. The molecule has 3 heterocycles. The Morgan fingerprint density at radius 2 is 1.97 bits per heavy atom. The molecular formula is C20H35N5O4. The molecule has 9 nitrogen and oxygen atoms in total. The van der Waals surface area contributed by atoms with Gasteiger partial charge >= 0.3 is 0 Å². The molecule has 7 atom stereocenters. The van der Waals surface area contributed by atoms with Crippen LogP contribution in [0.5, 0.6) is 0 Å². The number of piperidine rings is 1. The summed E-state index contributed by atoms with van der Waals surface area (Å²) in [5.74, 6) is 0.681. The highest BCUT2D eigenvalue weighted by Crippen LogP contribution is 2.34. The molecule has 0 aromatic rings. The minimum absolute atomic E-state index is 0.00222. The second kappa shape index (κ2) is 8.85. The minimum atomic E-state index is -0.949. The summed E-state index contributed by atoms with van der Waals surface area (Å²) in [6.45, 7) is 0.979. The SMILES string of the molecule is CN(CC(O)CO)C(=O)C1NNC2CCN(C(=O)C3CC4CCCCC4N3)CC21. The lowest BCUT2D eigenvalue weighted by atomic mass is 9.84. The summed E-state index contributed by atoms with van der Waals surface area (Å²) in [7, 11) is 1.63. The zero-order valence-electron chi connectivity index (χ0n) is 17.2. The van der Waals surface area contributed by atoms with Crippen molar-refractivity contribution in [3.63, 3.8) is 0 Å². The molecule has 0 aromatic carbocycles. The molecule has 29 heavy (non-hydrogen) atoms. The zero-order chi connectivity index (χ0) is 20.5. The largest absolute Gasteiger partial charge is 0.394 e. The number of nitrogens with zero attached hydrogens (tertiary/aromatic N) is 2. The van der Waals surface area contributed by atoms with Gasteiger partial charge in [-0.25, -0.2) is 5.43 Å². The molecule has 4 aliphatic rings. The van der Waals surface area contributed by atoms with Crippen LogP contribution in [0.4, 0.5) is 0 Å². The maximum atomic E-state index is 13.2. The quantitative estimate of drug-likeness (QED) is 0.372. The van der Waals surface area contributed by atoms with Crippen molar-refractivity contribution < 1.29 is 19.8 Å². The third-order valence-electron chi connectivity index (χ3n) is 7.32. The number of aliphatic hydroxyl groups excluding tert-OH is 2. The first-order valence-corrected chi connectivity index (χ1v) is 11.1. The van der Waals surface area contributed by atoms with Crippen LogP contribution in [0.25, 0.3) is 0 Å². The summed E-state index contributed by atoms with van der Waals surface area (Å²) < 4.78 is 0. The number of hydrogen-bond donors (Lipinski definition) is 5. The van der Waals surface area contributed by atoms with Gasteiger partial charge in [-0.2, -0.15) is 0 Å². The Morgan fingerprint density at radius 3 is 2.72 bits per heavy atom. The number of carbonyl (C=O) groups is 2. The Labute approximate surface area is 172 Å². The molecule has 4 fully saturated rings. The predicted molar refractivity (Wildman–Crippen MR) is 107 cm³/mol. The maximum Gasteiger partial charge on any atom is 0.241 e. The highest BCUT2D eigenvalue weighted by molar-refractivity contribution is 5.84. The van der Waals surface area contributed by atoms with E-state index in [4.69, 9.17) is 5.11 Å². The Balaban J connectivity index is 1.36. The molecule has 3 saturated heterocycles. The van der Waals surface area contributed by atoms with Gasteiger partial charge < -0.3 is 25.3 Å². The molecule has 0 spiro atoms. The number of amides is 2. The first-order chi connectivity index (χ1) is 14.0. The summed E-state index contributed by atoms with van der Waals surface area (Å²) in [6, 6.07) is 0.123. The van der Waals surface area contributed by atoms with Crippen LogP contribution in [0, 0.1) is 11.8 Å². The van der Waals surface area contributed by atoms with Crippen LogP contribution in [0.2, 0.25) is 0 Å². The molecule has 1 aliphatic carbocycles. The van der Waals surface area contributed by atoms with Crippen molar-refractivity contribution in [3.8, 4) is 0 Å². The van der Waals surface area contributed by atoms with Gasteiger partial charge in [0.2, 0.25) is 11.8 Å². The van der Waals surface area contributed by atoms with E-state index in [1.165, 1.54) is 30.6 Å². The van der Waals surface area contributed by atoms with Gasteiger partial charge in [-0.05, 0) is 31.6 Å². The number of likely N-dealkylation sites (tertiary alicyclic amines) is 1. The van der Waals surface area contributed by atoms with E-state index >= 15 is 0 Å². The van der Waals surface area contributed by atoms with Crippen molar-refractivity contribution in [1.29, 1.82) is 0 Å². The fourth-order valence-electron chi connectivity index (χ4n) is 5.68. The van der Waals surface area contributed by atoms with E-state index in [2.05, 4.69) is 16.2 Å². The van der Waals surface area contributed by atoms with Crippen LogP contribution in [0.3, 0.4) is 0 Å². The van der Waals surface area contributed by atoms with Crippen molar-refractivity contribution in [2.75, 3.05) is 33.3 Å². The Morgan fingerprint density at radius 1 is 1.17 bits per heavy atom. The van der Waals surface area contributed by atoms with E-state index in [-0.39, 0.29) is 43.0 Å².